The van der Waals surface area contributed by atoms with Gasteiger partial charge in [-0.3, -0.25) is 4.79 Å². The van der Waals surface area contributed by atoms with E-state index in [4.69, 9.17) is 4.74 Å². The zero-order valence-electron chi connectivity index (χ0n) is 11.0. The van der Waals surface area contributed by atoms with Crippen LogP contribution in [0.5, 0.6) is 5.75 Å². The van der Waals surface area contributed by atoms with E-state index in [1.165, 1.54) is 0 Å². The van der Waals surface area contributed by atoms with Crippen LogP contribution in [0, 0.1) is 6.92 Å². The summed E-state index contributed by atoms with van der Waals surface area (Å²) in [6.45, 7) is 6.35. The van der Waals surface area contributed by atoms with E-state index in [1.54, 1.807) is 25.1 Å². The third kappa shape index (κ3) is 3.58. The second-order valence-corrected chi connectivity index (χ2v) is 3.88. The van der Waals surface area contributed by atoms with Gasteiger partial charge in [-0.1, -0.05) is 6.92 Å². The van der Waals surface area contributed by atoms with Crippen molar-refractivity contribution in [1.82, 2.24) is 0 Å². The summed E-state index contributed by atoms with van der Waals surface area (Å²) in [4.78, 5) is 23.0. The molecule has 0 bridgehead atoms. The van der Waals surface area contributed by atoms with Gasteiger partial charge in [0.2, 0.25) is 0 Å². The topological polar surface area (TPSA) is 52.6 Å². The fourth-order valence-corrected chi connectivity index (χ4v) is 1.48. The SMILES string of the molecule is CCCOc1ccc(C(=O)C(=O)OCC)cc1C. The maximum atomic E-state index is 11.7. The molecule has 0 amide bonds. The summed E-state index contributed by atoms with van der Waals surface area (Å²) in [6, 6.07) is 4.93. The molecule has 0 saturated carbocycles. The van der Waals surface area contributed by atoms with Crippen molar-refractivity contribution >= 4 is 11.8 Å². The lowest BCUT2D eigenvalue weighted by molar-refractivity contribution is -0.137. The minimum Gasteiger partial charge on any atom is -0.493 e. The molecule has 0 unspecified atom stereocenters. The molecule has 1 aromatic rings. The molecule has 0 aliphatic heterocycles. The van der Waals surface area contributed by atoms with Crippen LogP contribution in [0.4, 0.5) is 0 Å². The number of Topliss-reactive ketones (excluding diaryl/α,β-unsaturated/α-hetero) is 1. The molecule has 0 N–H and O–H groups in total. The molecule has 0 aliphatic rings. The van der Waals surface area contributed by atoms with E-state index in [-0.39, 0.29) is 6.61 Å². The van der Waals surface area contributed by atoms with Crippen LogP contribution in [-0.4, -0.2) is 25.0 Å². The maximum Gasteiger partial charge on any atom is 0.379 e. The van der Waals surface area contributed by atoms with E-state index in [2.05, 4.69) is 4.74 Å². The van der Waals surface area contributed by atoms with Crippen molar-refractivity contribution in [2.24, 2.45) is 0 Å². The standard InChI is InChI=1S/C14H18O4/c1-4-8-18-12-7-6-11(9-10(12)3)13(15)14(16)17-5-2/h6-7,9H,4-5,8H2,1-3H3. The van der Waals surface area contributed by atoms with Gasteiger partial charge in [0.1, 0.15) is 5.75 Å². The molecule has 98 valence electrons. The minimum absolute atomic E-state index is 0.196. The summed E-state index contributed by atoms with van der Waals surface area (Å²) in [6.07, 6.45) is 0.920. The predicted octanol–water partition coefficient (Wildman–Crippen LogP) is 2.53. The quantitative estimate of drug-likeness (QED) is 0.442. The summed E-state index contributed by atoms with van der Waals surface area (Å²) in [5.74, 6) is -0.710. The van der Waals surface area contributed by atoms with Crippen LogP contribution >= 0.6 is 0 Å². The van der Waals surface area contributed by atoms with E-state index < -0.39 is 11.8 Å². The van der Waals surface area contributed by atoms with Gasteiger partial charge in [-0.05, 0) is 44.0 Å². The number of aryl methyl sites for hydroxylation is 1. The summed E-state index contributed by atoms with van der Waals surface area (Å²) in [5, 5.41) is 0. The summed E-state index contributed by atoms with van der Waals surface area (Å²) >= 11 is 0. The first-order chi connectivity index (χ1) is 8.60. The van der Waals surface area contributed by atoms with Gasteiger partial charge >= 0.3 is 5.97 Å². The third-order valence-electron chi connectivity index (χ3n) is 2.36. The molecule has 0 spiro atoms. The van der Waals surface area contributed by atoms with Gasteiger partial charge in [0.25, 0.3) is 5.78 Å². The lowest BCUT2D eigenvalue weighted by Gasteiger charge is -2.09. The molecule has 18 heavy (non-hydrogen) atoms. The number of carbonyl (C=O) groups is 2. The number of rotatable bonds is 6. The van der Waals surface area contributed by atoms with Crippen molar-refractivity contribution in [3.63, 3.8) is 0 Å². The molecule has 4 nitrogen and oxygen atoms in total. The molecule has 0 fully saturated rings. The Morgan fingerprint density at radius 1 is 1.22 bits per heavy atom. The van der Waals surface area contributed by atoms with Crippen LogP contribution in [0.25, 0.3) is 0 Å². The monoisotopic (exact) mass is 250 g/mol. The van der Waals surface area contributed by atoms with Crippen LogP contribution in [0.15, 0.2) is 18.2 Å². The molecule has 1 aromatic carbocycles. The van der Waals surface area contributed by atoms with Gasteiger partial charge in [0, 0.05) is 5.56 Å². The predicted molar refractivity (Wildman–Crippen MR) is 67.9 cm³/mol. The first-order valence-electron chi connectivity index (χ1n) is 6.05. The highest BCUT2D eigenvalue weighted by molar-refractivity contribution is 6.40. The Hall–Kier alpha value is -1.84. The van der Waals surface area contributed by atoms with Crippen LogP contribution < -0.4 is 4.74 Å². The molecular formula is C14H18O4. The Kier molecular flexibility index (Phi) is 5.36. The average molecular weight is 250 g/mol. The summed E-state index contributed by atoms with van der Waals surface area (Å²) in [5.41, 5.74) is 1.16. The molecule has 4 heteroatoms. The molecule has 0 heterocycles. The number of ether oxygens (including phenoxy) is 2. The van der Waals surface area contributed by atoms with Crippen LogP contribution in [-0.2, 0) is 9.53 Å². The molecular weight excluding hydrogens is 232 g/mol. The van der Waals surface area contributed by atoms with Crippen molar-refractivity contribution in [3.05, 3.63) is 29.3 Å². The van der Waals surface area contributed by atoms with Gasteiger partial charge in [-0.25, -0.2) is 4.79 Å². The van der Waals surface area contributed by atoms with E-state index >= 15 is 0 Å². The van der Waals surface area contributed by atoms with Gasteiger partial charge in [-0.15, -0.1) is 0 Å². The van der Waals surface area contributed by atoms with Crippen molar-refractivity contribution in [3.8, 4) is 5.75 Å². The number of carbonyl (C=O) groups excluding carboxylic acids is 2. The molecule has 0 saturated heterocycles. The van der Waals surface area contributed by atoms with E-state index in [0.717, 1.165) is 17.7 Å². The zero-order chi connectivity index (χ0) is 13.5. The summed E-state index contributed by atoms with van der Waals surface area (Å²) in [7, 11) is 0. The number of ketones is 1. The van der Waals surface area contributed by atoms with E-state index in [1.807, 2.05) is 13.8 Å². The third-order valence-corrected chi connectivity index (χ3v) is 2.36. The Balaban J connectivity index is 2.83. The largest absolute Gasteiger partial charge is 0.493 e. The van der Waals surface area contributed by atoms with Crippen molar-refractivity contribution in [2.45, 2.75) is 27.2 Å². The van der Waals surface area contributed by atoms with E-state index in [9.17, 15) is 9.59 Å². The molecule has 0 aliphatic carbocycles. The molecule has 0 radical (unpaired) electrons. The number of esters is 1. The smallest absolute Gasteiger partial charge is 0.379 e. The number of hydrogen-bond donors (Lipinski definition) is 0. The van der Waals surface area contributed by atoms with Crippen molar-refractivity contribution in [2.75, 3.05) is 13.2 Å². The Morgan fingerprint density at radius 3 is 2.50 bits per heavy atom. The first kappa shape index (κ1) is 14.2. The molecule has 0 aromatic heterocycles. The lowest BCUT2D eigenvalue weighted by Crippen LogP contribution is -2.17. The summed E-state index contributed by atoms with van der Waals surface area (Å²) < 4.78 is 10.2. The van der Waals surface area contributed by atoms with Crippen molar-refractivity contribution < 1.29 is 19.1 Å². The maximum absolute atomic E-state index is 11.7. The number of benzene rings is 1. The Morgan fingerprint density at radius 2 is 1.94 bits per heavy atom. The van der Waals surface area contributed by atoms with Gasteiger partial charge in [0.05, 0.1) is 13.2 Å². The second-order valence-electron chi connectivity index (χ2n) is 3.88. The first-order valence-corrected chi connectivity index (χ1v) is 6.05. The van der Waals surface area contributed by atoms with E-state index in [0.29, 0.717) is 12.2 Å². The van der Waals surface area contributed by atoms with Gasteiger partial charge in [-0.2, -0.15) is 0 Å². The van der Waals surface area contributed by atoms with Crippen LogP contribution in [0.2, 0.25) is 0 Å². The van der Waals surface area contributed by atoms with Crippen LogP contribution in [0.3, 0.4) is 0 Å². The molecule has 1 rings (SSSR count). The normalized spacial score (nSPS) is 9.94. The highest BCUT2D eigenvalue weighted by Gasteiger charge is 2.18. The fraction of sp³-hybridized carbons (Fsp3) is 0.429. The average Bonchev–Trinajstić information content (AvgIpc) is 2.36. The van der Waals surface area contributed by atoms with Crippen LogP contribution in [0.1, 0.15) is 36.2 Å². The number of hydrogen-bond acceptors (Lipinski definition) is 4. The zero-order valence-corrected chi connectivity index (χ0v) is 11.0. The highest BCUT2D eigenvalue weighted by Crippen LogP contribution is 2.19. The second kappa shape index (κ2) is 6.79. The fourth-order valence-electron chi connectivity index (χ4n) is 1.48. The molecule has 0 atom stereocenters. The Labute approximate surface area is 107 Å². The minimum atomic E-state index is -0.820. The van der Waals surface area contributed by atoms with Gasteiger partial charge in [0.15, 0.2) is 0 Å². The van der Waals surface area contributed by atoms with Gasteiger partial charge < -0.3 is 9.47 Å². The lowest BCUT2D eigenvalue weighted by atomic mass is 10.1. The highest BCUT2D eigenvalue weighted by atomic mass is 16.5. The Bertz CT molecular complexity index is 437. The van der Waals surface area contributed by atoms with Crippen molar-refractivity contribution in [1.29, 1.82) is 0 Å².